The molecule has 6 nitrogen and oxygen atoms in total. The second kappa shape index (κ2) is 6.35. The number of carboxylic acids is 1. The second-order valence-electron chi connectivity index (χ2n) is 5.69. The summed E-state index contributed by atoms with van der Waals surface area (Å²) in [5.74, 6) is -2.51. The quantitative estimate of drug-likeness (QED) is 0.803. The molecule has 0 atom stereocenters. The summed E-state index contributed by atoms with van der Waals surface area (Å²) in [5, 5.41) is 12.5. The summed E-state index contributed by atoms with van der Waals surface area (Å²) in [7, 11) is 0. The number of hydrogen-bond acceptors (Lipinski definition) is 4. The molecule has 2 heterocycles. The Morgan fingerprint density at radius 2 is 1.89 bits per heavy atom. The third-order valence-corrected chi connectivity index (χ3v) is 3.79. The van der Waals surface area contributed by atoms with Crippen LogP contribution in [0.1, 0.15) is 21.6 Å². The molecule has 0 saturated carbocycles. The summed E-state index contributed by atoms with van der Waals surface area (Å²) in [6.07, 6.45) is -9.83. The van der Waals surface area contributed by atoms with Crippen molar-refractivity contribution in [2.45, 2.75) is 25.6 Å². The van der Waals surface area contributed by atoms with Crippen LogP contribution < -0.4 is 9.64 Å². The van der Waals surface area contributed by atoms with Crippen molar-refractivity contribution in [3.8, 4) is 5.75 Å². The van der Waals surface area contributed by atoms with E-state index in [1.165, 1.54) is 17.0 Å². The Kier molecular flexibility index (Phi) is 4.44. The van der Waals surface area contributed by atoms with Gasteiger partial charge in [0.15, 0.2) is 5.69 Å². The van der Waals surface area contributed by atoms with Gasteiger partial charge in [-0.3, -0.25) is 0 Å². The van der Waals surface area contributed by atoms with Gasteiger partial charge in [0, 0.05) is 13.1 Å². The molecule has 146 valence electrons. The number of carbonyl (C=O) groups is 1. The highest BCUT2D eigenvalue weighted by Crippen LogP contribution is 2.38. The highest BCUT2D eigenvalue weighted by molar-refractivity contribution is 5.95. The molecule has 1 aliphatic rings. The molecule has 0 spiro atoms. The number of aromatic nitrogens is 2. The maximum Gasteiger partial charge on any atom is 0.573 e. The Labute approximate surface area is 147 Å². The van der Waals surface area contributed by atoms with Gasteiger partial charge in [-0.2, -0.15) is 18.3 Å². The number of alkyl halides is 6. The van der Waals surface area contributed by atoms with E-state index in [0.29, 0.717) is 5.56 Å². The summed E-state index contributed by atoms with van der Waals surface area (Å²) in [4.78, 5) is 12.7. The van der Waals surface area contributed by atoms with E-state index < -0.39 is 35.5 Å². The smallest absolute Gasteiger partial charge is 0.477 e. The van der Waals surface area contributed by atoms with Gasteiger partial charge < -0.3 is 14.7 Å². The van der Waals surface area contributed by atoms with Crippen LogP contribution in [0.25, 0.3) is 0 Å². The number of fused-ring (bicyclic) bond motifs is 1. The van der Waals surface area contributed by atoms with Crippen LogP contribution in [0.5, 0.6) is 5.75 Å². The van der Waals surface area contributed by atoms with Crippen LogP contribution in [0.3, 0.4) is 0 Å². The summed E-state index contributed by atoms with van der Waals surface area (Å²) < 4.78 is 80.8. The van der Waals surface area contributed by atoms with Crippen LogP contribution in [0, 0.1) is 0 Å². The molecule has 0 unspecified atom stereocenters. The lowest BCUT2D eigenvalue weighted by atomic mass is 10.1. The van der Waals surface area contributed by atoms with Gasteiger partial charge in [-0.15, -0.1) is 13.2 Å². The second-order valence-corrected chi connectivity index (χ2v) is 5.69. The number of carboxylic acid groups (broad SMARTS) is 1. The summed E-state index contributed by atoms with van der Waals surface area (Å²) in [6, 6.07) is 4.91. The number of aromatic carboxylic acids is 1. The number of anilines is 1. The van der Waals surface area contributed by atoms with E-state index in [0.717, 1.165) is 16.8 Å². The third kappa shape index (κ3) is 3.93. The molecule has 12 heteroatoms. The van der Waals surface area contributed by atoms with Crippen molar-refractivity contribution >= 4 is 11.8 Å². The van der Waals surface area contributed by atoms with E-state index in [1.807, 2.05) is 0 Å². The van der Waals surface area contributed by atoms with Gasteiger partial charge >= 0.3 is 18.5 Å². The third-order valence-electron chi connectivity index (χ3n) is 3.79. The highest BCUT2D eigenvalue weighted by atomic mass is 19.4. The molecule has 27 heavy (non-hydrogen) atoms. The van der Waals surface area contributed by atoms with Crippen molar-refractivity contribution in [2.75, 3.05) is 11.4 Å². The minimum atomic E-state index is -4.95. The first-order valence-corrected chi connectivity index (χ1v) is 7.46. The molecule has 1 aliphatic heterocycles. The first kappa shape index (κ1) is 18.9. The summed E-state index contributed by atoms with van der Waals surface area (Å²) in [6.45, 7) is 0.0634. The van der Waals surface area contributed by atoms with Gasteiger partial charge in [-0.25, -0.2) is 9.48 Å². The zero-order chi connectivity index (χ0) is 20.0. The molecule has 1 aromatic heterocycles. The predicted molar refractivity (Wildman–Crippen MR) is 78.4 cm³/mol. The topological polar surface area (TPSA) is 67.6 Å². The van der Waals surface area contributed by atoms with E-state index in [4.69, 9.17) is 0 Å². The zero-order valence-electron chi connectivity index (χ0n) is 13.3. The maximum atomic E-state index is 13.0. The van der Waals surface area contributed by atoms with Crippen LogP contribution in [-0.2, 0) is 19.3 Å². The summed E-state index contributed by atoms with van der Waals surface area (Å²) in [5.41, 5.74) is -2.19. The average molecular weight is 395 g/mol. The van der Waals surface area contributed by atoms with Crippen LogP contribution in [-0.4, -0.2) is 33.8 Å². The monoisotopic (exact) mass is 395 g/mol. The highest BCUT2D eigenvalue weighted by Gasteiger charge is 2.44. The maximum absolute atomic E-state index is 13.0. The van der Waals surface area contributed by atoms with E-state index >= 15 is 0 Å². The molecule has 2 aromatic rings. The standard InChI is InChI=1S/C15H11F6N3O3/c16-14(17,18)11-10(13(25)26)12-23(4-5-24(12)22-11)7-8-2-1-3-9(6-8)27-15(19,20)21/h1-3,6H,4-5,7H2,(H,25,26). The van der Waals surface area contributed by atoms with Gasteiger partial charge in [-0.1, -0.05) is 12.1 Å². The largest absolute Gasteiger partial charge is 0.573 e. The summed E-state index contributed by atoms with van der Waals surface area (Å²) >= 11 is 0. The van der Waals surface area contributed by atoms with E-state index in [2.05, 4.69) is 9.84 Å². The van der Waals surface area contributed by atoms with Crippen molar-refractivity contribution in [3.63, 3.8) is 0 Å². The fourth-order valence-electron chi connectivity index (χ4n) is 2.86. The number of benzene rings is 1. The number of nitrogens with zero attached hydrogens (tertiary/aromatic N) is 3. The molecule has 1 N–H and O–H groups in total. The molecule has 1 aromatic carbocycles. The zero-order valence-corrected chi connectivity index (χ0v) is 13.3. The fraction of sp³-hybridized carbons (Fsp3) is 0.333. The van der Waals surface area contributed by atoms with Gasteiger partial charge in [-0.05, 0) is 17.7 Å². The van der Waals surface area contributed by atoms with E-state index in [-0.39, 0.29) is 25.5 Å². The van der Waals surface area contributed by atoms with Crippen molar-refractivity contribution in [1.29, 1.82) is 0 Å². The molecule has 0 radical (unpaired) electrons. The Bertz CT molecular complexity index is 875. The molecule has 3 rings (SSSR count). The molecule has 0 saturated heterocycles. The van der Waals surface area contributed by atoms with Crippen LogP contribution >= 0.6 is 0 Å². The van der Waals surface area contributed by atoms with E-state index in [1.54, 1.807) is 0 Å². The van der Waals surface area contributed by atoms with Gasteiger partial charge in [0.1, 0.15) is 17.1 Å². The van der Waals surface area contributed by atoms with Crippen LogP contribution in [0.15, 0.2) is 24.3 Å². The Balaban J connectivity index is 1.92. The minimum Gasteiger partial charge on any atom is -0.477 e. The number of halogens is 6. The minimum absolute atomic E-state index is 0.0183. The first-order chi connectivity index (χ1) is 12.5. The van der Waals surface area contributed by atoms with Crippen LogP contribution in [0.4, 0.5) is 32.2 Å². The molecular formula is C15H11F6N3O3. The molecule has 0 fully saturated rings. The Morgan fingerprint density at radius 1 is 1.19 bits per heavy atom. The van der Waals surface area contributed by atoms with E-state index in [9.17, 15) is 36.2 Å². The van der Waals surface area contributed by atoms with Crippen molar-refractivity contribution in [2.24, 2.45) is 0 Å². The number of hydrogen-bond donors (Lipinski definition) is 1. The normalized spacial score (nSPS) is 14.4. The lowest BCUT2D eigenvalue weighted by molar-refractivity contribution is -0.274. The Morgan fingerprint density at radius 3 is 2.48 bits per heavy atom. The van der Waals surface area contributed by atoms with Gasteiger partial charge in [0.2, 0.25) is 0 Å². The molecule has 0 bridgehead atoms. The van der Waals surface area contributed by atoms with Crippen molar-refractivity contribution in [1.82, 2.24) is 9.78 Å². The number of ether oxygens (including phenoxy) is 1. The molecule has 0 amide bonds. The SMILES string of the molecule is O=C(O)c1c(C(F)(F)F)nn2c1N(Cc1cccc(OC(F)(F)F)c1)CC2. The molecule has 0 aliphatic carbocycles. The molecular weight excluding hydrogens is 384 g/mol. The van der Waals surface area contributed by atoms with Gasteiger partial charge in [0.05, 0.1) is 6.54 Å². The fourth-order valence-corrected chi connectivity index (χ4v) is 2.86. The lowest BCUT2D eigenvalue weighted by Gasteiger charge is -2.19. The number of rotatable bonds is 4. The van der Waals surface area contributed by atoms with Gasteiger partial charge in [0.25, 0.3) is 0 Å². The predicted octanol–water partition coefficient (Wildman–Crippen LogP) is 3.52. The van der Waals surface area contributed by atoms with Crippen molar-refractivity contribution < 1.29 is 41.0 Å². The van der Waals surface area contributed by atoms with Crippen molar-refractivity contribution in [3.05, 3.63) is 41.1 Å². The lowest BCUT2D eigenvalue weighted by Crippen LogP contribution is -2.23. The first-order valence-electron chi connectivity index (χ1n) is 7.46. The van der Waals surface area contributed by atoms with Crippen LogP contribution in [0.2, 0.25) is 0 Å². The Hall–Kier alpha value is -2.92. The average Bonchev–Trinajstić information content (AvgIpc) is 3.05.